The summed E-state index contributed by atoms with van der Waals surface area (Å²) in [5.41, 5.74) is 6.90. The molecule has 0 aliphatic heterocycles. The molecule has 1 aliphatic carbocycles. The molecule has 8 heteroatoms. The minimum Gasteiger partial charge on any atom is -0.504 e. The number of Topliss-reactive ketones (excluding diaryl/α,β-unsaturated/α-hetero) is 1. The van der Waals surface area contributed by atoms with Crippen molar-refractivity contribution in [2.75, 3.05) is 6.73 Å². The molecule has 1 saturated carbocycles. The molecule has 8 nitrogen and oxygen atoms in total. The normalized spacial score (nSPS) is 15.1. The van der Waals surface area contributed by atoms with E-state index >= 15 is 0 Å². The van der Waals surface area contributed by atoms with E-state index in [1.54, 1.807) is 18.2 Å². The van der Waals surface area contributed by atoms with Gasteiger partial charge in [0, 0.05) is 12.8 Å². The zero-order chi connectivity index (χ0) is 24.5. The van der Waals surface area contributed by atoms with Gasteiger partial charge in [0.2, 0.25) is 5.75 Å². The fourth-order valence-corrected chi connectivity index (χ4v) is 4.25. The number of aromatic hydroxyl groups is 3. The zero-order valence-electron chi connectivity index (χ0n) is 19.4. The van der Waals surface area contributed by atoms with Gasteiger partial charge in [0.25, 0.3) is 0 Å². The first-order valence-corrected chi connectivity index (χ1v) is 11.9. The SMILES string of the molecule is NCOc1cc(CCC(=O)CC(O)CCc2cc(O)c(O)c(OC3CCCCC3)c2)ccc1O. The quantitative estimate of drug-likeness (QED) is 0.232. The Morgan fingerprint density at radius 3 is 2.44 bits per heavy atom. The Kier molecular flexibility index (Phi) is 9.42. The van der Waals surface area contributed by atoms with Crippen LogP contribution in [0, 0.1) is 0 Å². The van der Waals surface area contributed by atoms with Crippen molar-refractivity contribution in [3.05, 3.63) is 41.5 Å². The van der Waals surface area contributed by atoms with E-state index in [-0.39, 0.29) is 60.2 Å². The third-order valence-corrected chi connectivity index (χ3v) is 6.15. The topological polar surface area (TPSA) is 142 Å². The molecule has 1 atom stereocenters. The molecule has 1 unspecified atom stereocenters. The van der Waals surface area contributed by atoms with Gasteiger partial charge >= 0.3 is 0 Å². The van der Waals surface area contributed by atoms with Gasteiger partial charge < -0.3 is 29.9 Å². The number of rotatable bonds is 12. The van der Waals surface area contributed by atoms with Crippen LogP contribution in [-0.4, -0.2) is 45.1 Å². The highest BCUT2D eigenvalue weighted by molar-refractivity contribution is 5.79. The molecule has 6 N–H and O–H groups in total. The number of aliphatic hydroxyl groups excluding tert-OH is 1. The summed E-state index contributed by atoms with van der Waals surface area (Å²) in [6, 6.07) is 8.02. The molecule has 2 aromatic carbocycles. The lowest BCUT2D eigenvalue weighted by Crippen LogP contribution is -2.19. The van der Waals surface area contributed by atoms with Crippen LogP contribution in [0.25, 0.3) is 0 Å². The van der Waals surface area contributed by atoms with Crippen molar-refractivity contribution >= 4 is 5.78 Å². The number of nitrogens with two attached hydrogens (primary N) is 1. The van der Waals surface area contributed by atoms with Gasteiger partial charge in [0.15, 0.2) is 23.0 Å². The van der Waals surface area contributed by atoms with Crippen molar-refractivity contribution in [1.29, 1.82) is 0 Å². The Labute approximate surface area is 199 Å². The molecule has 3 rings (SSSR count). The van der Waals surface area contributed by atoms with Gasteiger partial charge in [-0.3, -0.25) is 10.5 Å². The fraction of sp³-hybridized carbons (Fsp3) is 0.500. The molecule has 0 bridgehead atoms. The summed E-state index contributed by atoms with van der Waals surface area (Å²) < 4.78 is 11.1. The van der Waals surface area contributed by atoms with E-state index in [1.165, 1.54) is 18.6 Å². The highest BCUT2D eigenvalue weighted by atomic mass is 16.5. The van der Waals surface area contributed by atoms with Crippen LogP contribution in [-0.2, 0) is 17.6 Å². The predicted octanol–water partition coefficient (Wildman–Crippen LogP) is 3.70. The molecule has 0 heterocycles. The molecule has 0 spiro atoms. The molecule has 0 aromatic heterocycles. The van der Waals surface area contributed by atoms with Gasteiger partial charge in [-0.25, -0.2) is 0 Å². The van der Waals surface area contributed by atoms with Crippen molar-refractivity contribution in [1.82, 2.24) is 0 Å². The number of carbonyl (C=O) groups is 1. The Hall–Kier alpha value is -2.97. The van der Waals surface area contributed by atoms with Crippen LogP contribution in [0.1, 0.15) is 62.5 Å². The van der Waals surface area contributed by atoms with Crippen molar-refractivity contribution in [3.8, 4) is 28.7 Å². The van der Waals surface area contributed by atoms with E-state index in [0.717, 1.165) is 36.8 Å². The third-order valence-electron chi connectivity index (χ3n) is 6.15. The van der Waals surface area contributed by atoms with Gasteiger partial charge in [0.1, 0.15) is 12.5 Å². The summed E-state index contributed by atoms with van der Waals surface area (Å²) in [7, 11) is 0. The average Bonchev–Trinajstić information content (AvgIpc) is 2.82. The molecule has 186 valence electrons. The first-order chi connectivity index (χ1) is 16.4. The summed E-state index contributed by atoms with van der Waals surface area (Å²) >= 11 is 0. The van der Waals surface area contributed by atoms with E-state index in [9.17, 15) is 25.2 Å². The van der Waals surface area contributed by atoms with Crippen molar-refractivity contribution < 1.29 is 34.7 Å². The van der Waals surface area contributed by atoms with Gasteiger partial charge in [-0.2, -0.15) is 0 Å². The lowest BCUT2D eigenvalue weighted by Gasteiger charge is -2.24. The summed E-state index contributed by atoms with van der Waals surface area (Å²) in [5.74, 6) is -0.0591. The van der Waals surface area contributed by atoms with Crippen LogP contribution in [0.15, 0.2) is 30.3 Å². The summed E-state index contributed by atoms with van der Waals surface area (Å²) in [6.07, 6.45) is 5.95. The second kappa shape index (κ2) is 12.5. The number of phenols is 3. The minimum absolute atomic E-state index is 0.0106. The number of carbonyl (C=O) groups excluding carboxylic acids is 1. The molecular formula is C26H35NO7. The second-order valence-electron chi connectivity index (χ2n) is 8.89. The molecule has 1 fully saturated rings. The number of hydrogen-bond acceptors (Lipinski definition) is 8. The van der Waals surface area contributed by atoms with Gasteiger partial charge in [0.05, 0.1) is 12.2 Å². The van der Waals surface area contributed by atoms with Gasteiger partial charge in [-0.05, 0) is 80.3 Å². The standard InChI is InChI=1S/C26H35NO7/c27-16-33-24-13-17(8-11-22(24)30)6-9-19(28)15-20(29)10-7-18-12-23(31)26(32)25(14-18)34-21-4-2-1-3-5-21/h8,11-14,20-21,29-32H,1-7,9-10,15-16,27H2. The molecule has 0 saturated heterocycles. The van der Waals surface area contributed by atoms with Crippen LogP contribution in [0.5, 0.6) is 28.7 Å². The number of aryl methyl sites for hydroxylation is 2. The molecule has 0 radical (unpaired) electrons. The average molecular weight is 474 g/mol. The number of ether oxygens (including phenoxy) is 2. The number of phenolic OH excluding ortho intramolecular Hbond substituents is 3. The van der Waals surface area contributed by atoms with E-state index in [0.29, 0.717) is 19.3 Å². The zero-order valence-corrected chi connectivity index (χ0v) is 19.4. The smallest absolute Gasteiger partial charge is 0.200 e. The minimum atomic E-state index is -0.817. The van der Waals surface area contributed by atoms with Gasteiger partial charge in [-0.1, -0.05) is 12.5 Å². The van der Waals surface area contributed by atoms with Crippen molar-refractivity contribution in [3.63, 3.8) is 0 Å². The maximum Gasteiger partial charge on any atom is 0.200 e. The Bertz CT molecular complexity index is 956. The first-order valence-electron chi connectivity index (χ1n) is 11.9. The van der Waals surface area contributed by atoms with Crippen molar-refractivity contribution in [2.45, 2.75) is 76.4 Å². The largest absolute Gasteiger partial charge is 0.504 e. The van der Waals surface area contributed by atoms with E-state index in [1.807, 2.05) is 0 Å². The molecular weight excluding hydrogens is 438 g/mol. The molecule has 34 heavy (non-hydrogen) atoms. The summed E-state index contributed by atoms with van der Waals surface area (Å²) in [6.45, 7) is -0.0604. The molecule has 1 aliphatic rings. The van der Waals surface area contributed by atoms with Crippen LogP contribution in [0.4, 0.5) is 0 Å². The summed E-state index contributed by atoms with van der Waals surface area (Å²) in [5, 5.41) is 40.3. The Morgan fingerprint density at radius 1 is 0.971 bits per heavy atom. The van der Waals surface area contributed by atoms with Crippen molar-refractivity contribution in [2.24, 2.45) is 5.73 Å². The van der Waals surface area contributed by atoms with Crippen LogP contribution in [0.2, 0.25) is 0 Å². The number of ketones is 1. The van der Waals surface area contributed by atoms with Crippen LogP contribution < -0.4 is 15.2 Å². The molecule has 2 aromatic rings. The third kappa shape index (κ3) is 7.53. The van der Waals surface area contributed by atoms with E-state index in [2.05, 4.69) is 0 Å². The van der Waals surface area contributed by atoms with E-state index < -0.39 is 6.10 Å². The van der Waals surface area contributed by atoms with E-state index in [4.69, 9.17) is 15.2 Å². The van der Waals surface area contributed by atoms with Crippen LogP contribution >= 0.6 is 0 Å². The monoisotopic (exact) mass is 473 g/mol. The highest BCUT2D eigenvalue weighted by Crippen LogP contribution is 2.39. The Balaban J connectivity index is 1.48. The maximum absolute atomic E-state index is 12.3. The second-order valence-corrected chi connectivity index (χ2v) is 8.89. The molecule has 0 amide bonds. The highest BCUT2D eigenvalue weighted by Gasteiger charge is 2.19. The van der Waals surface area contributed by atoms with Crippen LogP contribution in [0.3, 0.4) is 0 Å². The van der Waals surface area contributed by atoms with Gasteiger partial charge in [-0.15, -0.1) is 0 Å². The fourth-order valence-electron chi connectivity index (χ4n) is 4.25. The predicted molar refractivity (Wildman–Crippen MR) is 127 cm³/mol. The lowest BCUT2D eigenvalue weighted by molar-refractivity contribution is -0.121. The Morgan fingerprint density at radius 2 is 1.71 bits per heavy atom. The number of benzene rings is 2. The number of aliphatic hydroxyl groups is 1. The summed E-state index contributed by atoms with van der Waals surface area (Å²) in [4.78, 5) is 12.3. The maximum atomic E-state index is 12.3. The lowest BCUT2D eigenvalue weighted by atomic mass is 9.97. The number of hydrogen-bond donors (Lipinski definition) is 5. The first kappa shape index (κ1) is 25.6.